The number of aromatic nitrogens is 1. The van der Waals surface area contributed by atoms with Crippen LogP contribution in [0.2, 0.25) is 5.02 Å². The van der Waals surface area contributed by atoms with Crippen molar-refractivity contribution < 1.29 is 27.5 Å². The summed E-state index contributed by atoms with van der Waals surface area (Å²) in [5, 5.41) is 5.75. The molecular weight excluding hydrogens is 707 g/mol. The summed E-state index contributed by atoms with van der Waals surface area (Å²) in [5.41, 5.74) is 4.09. The number of methoxy groups -OCH3 is 1. The average molecular weight is 756 g/mol. The summed E-state index contributed by atoms with van der Waals surface area (Å²) in [6.07, 6.45) is 3.73. The Morgan fingerprint density at radius 2 is 1.58 bits per heavy atom. The summed E-state index contributed by atoms with van der Waals surface area (Å²) >= 11 is 6.88. The zero-order valence-corrected chi connectivity index (χ0v) is 31.6. The molecule has 2 aromatic carbocycles. The van der Waals surface area contributed by atoms with E-state index in [1.807, 2.05) is 37.1 Å². The van der Waals surface area contributed by atoms with E-state index < -0.39 is 23.7 Å². The highest BCUT2D eigenvalue weighted by Gasteiger charge is 2.37. The van der Waals surface area contributed by atoms with Crippen LogP contribution in [-0.2, 0) is 29.4 Å². The molecular formula is C40H49ClF3N5O4. The number of hydrogen-bond acceptors (Lipinski definition) is 7. The van der Waals surface area contributed by atoms with E-state index in [1.165, 1.54) is 6.07 Å². The third kappa shape index (κ3) is 8.86. The molecule has 0 saturated carbocycles. The number of pyridine rings is 1. The number of halogens is 4. The number of aryl methyl sites for hydroxylation is 1. The zero-order valence-electron chi connectivity index (χ0n) is 30.9. The lowest BCUT2D eigenvalue weighted by atomic mass is 9.85. The first-order valence-electron chi connectivity index (χ1n) is 18.5. The normalized spacial score (nSPS) is 19.4. The molecule has 0 radical (unpaired) electrons. The molecule has 0 aliphatic carbocycles. The number of carbonyl (C=O) groups is 2. The maximum Gasteiger partial charge on any atom is 0.418 e. The molecule has 3 aliphatic heterocycles. The second-order valence-electron chi connectivity index (χ2n) is 15.0. The predicted molar refractivity (Wildman–Crippen MR) is 202 cm³/mol. The minimum Gasteiger partial charge on any atom is -0.496 e. The molecule has 9 nitrogen and oxygen atoms in total. The number of hydrogen-bond donors (Lipinski definition) is 2. The van der Waals surface area contributed by atoms with Crippen LogP contribution in [0.15, 0.2) is 41.3 Å². The highest BCUT2D eigenvalue weighted by atomic mass is 35.5. The molecule has 3 fully saturated rings. The second-order valence-corrected chi connectivity index (χ2v) is 15.4. The smallest absolute Gasteiger partial charge is 0.418 e. The van der Waals surface area contributed by atoms with Crippen LogP contribution in [0, 0.1) is 25.7 Å². The van der Waals surface area contributed by atoms with Crippen LogP contribution in [0.4, 0.5) is 24.5 Å². The van der Waals surface area contributed by atoms with Gasteiger partial charge in [0.15, 0.2) is 0 Å². The van der Waals surface area contributed by atoms with E-state index >= 15 is 0 Å². The Morgan fingerprint density at radius 3 is 2.21 bits per heavy atom. The van der Waals surface area contributed by atoms with Gasteiger partial charge in [-0.15, -0.1) is 0 Å². The number of nitrogens with zero attached hydrogens (tertiary/aromatic N) is 3. The Kier molecular flexibility index (Phi) is 11.8. The highest BCUT2D eigenvalue weighted by molar-refractivity contribution is 6.32. The number of rotatable bonds is 10. The zero-order chi connectivity index (χ0) is 38.0. The van der Waals surface area contributed by atoms with Crippen molar-refractivity contribution in [1.82, 2.24) is 14.8 Å². The molecule has 3 aliphatic rings. The molecule has 1 aromatic heterocycles. The molecule has 53 heavy (non-hydrogen) atoms. The van der Waals surface area contributed by atoms with Gasteiger partial charge in [0.05, 0.1) is 12.7 Å². The molecule has 0 spiro atoms. The van der Waals surface area contributed by atoms with Gasteiger partial charge in [0.1, 0.15) is 11.8 Å². The largest absolute Gasteiger partial charge is 0.496 e. The predicted octanol–water partition coefficient (Wildman–Crippen LogP) is 7.48. The summed E-state index contributed by atoms with van der Waals surface area (Å²) in [6, 6.07) is 7.38. The molecule has 13 heteroatoms. The summed E-state index contributed by atoms with van der Waals surface area (Å²) in [4.78, 5) is 40.3. The molecule has 3 aromatic rings. The lowest BCUT2D eigenvalue weighted by molar-refractivity contribution is -0.137. The van der Waals surface area contributed by atoms with Crippen LogP contribution in [0.3, 0.4) is 0 Å². The maximum absolute atomic E-state index is 14.2. The van der Waals surface area contributed by atoms with Crippen LogP contribution >= 0.6 is 11.6 Å². The van der Waals surface area contributed by atoms with E-state index in [2.05, 4.69) is 15.5 Å². The van der Waals surface area contributed by atoms with Crippen LogP contribution in [0.5, 0.6) is 5.75 Å². The number of amides is 2. The van der Waals surface area contributed by atoms with Crippen LogP contribution < -0.4 is 25.8 Å². The fourth-order valence-corrected chi connectivity index (χ4v) is 8.39. The van der Waals surface area contributed by atoms with E-state index in [-0.39, 0.29) is 35.7 Å². The van der Waals surface area contributed by atoms with E-state index in [9.17, 15) is 27.6 Å². The maximum atomic E-state index is 14.2. The molecule has 1 unspecified atom stereocenters. The Labute approximate surface area is 313 Å². The summed E-state index contributed by atoms with van der Waals surface area (Å²) < 4.78 is 50.1. The van der Waals surface area contributed by atoms with Gasteiger partial charge in [0.2, 0.25) is 11.8 Å². The number of alkyl halides is 3. The molecule has 2 amide bonds. The van der Waals surface area contributed by atoms with Crippen molar-refractivity contribution >= 4 is 34.8 Å². The van der Waals surface area contributed by atoms with E-state index in [0.717, 1.165) is 85.7 Å². The Bertz CT molecular complexity index is 1900. The molecule has 2 N–H and O–H groups in total. The molecule has 1 atom stereocenters. The Morgan fingerprint density at radius 1 is 0.925 bits per heavy atom. The second kappa shape index (κ2) is 16.1. The lowest BCUT2D eigenvalue weighted by Crippen LogP contribution is -2.47. The minimum atomic E-state index is -4.55. The van der Waals surface area contributed by atoms with Gasteiger partial charge in [-0.1, -0.05) is 24.4 Å². The van der Waals surface area contributed by atoms with Gasteiger partial charge in [-0.05, 0) is 112 Å². The Balaban J connectivity index is 0.991. The van der Waals surface area contributed by atoms with Crippen LogP contribution in [0.1, 0.15) is 73.6 Å². The monoisotopic (exact) mass is 755 g/mol. The third-order valence-corrected chi connectivity index (χ3v) is 11.9. The molecule has 286 valence electrons. The number of benzene rings is 2. The third-order valence-electron chi connectivity index (χ3n) is 11.5. The van der Waals surface area contributed by atoms with Gasteiger partial charge < -0.3 is 19.5 Å². The van der Waals surface area contributed by atoms with Crippen molar-refractivity contribution in [2.75, 3.05) is 43.5 Å². The van der Waals surface area contributed by atoms with E-state index in [1.54, 1.807) is 24.8 Å². The average Bonchev–Trinajstić information content (AvgIpc) is 3.13. The first-order chi connectivity index (χ1) is 25.2. The van der Waals surface area contributed by atoms with Gasteiger partial charge in [-0.3, -0.25) is 24.6 Å². The number of imide groups is 1. The van der Waals surface area contributed by atoms with Crippen molar-refractivity contribution in [2.24, 2.45) is 18.9 Å². The number of likely N-dealkylation sites (tertiary alicyclic amines) is 1. The summed E-state index contributed by atoms with van der Waals surface area (Å²) in [5.74, 6) is 0.924. The number of carbonyl (C=O) groups excluding carboxylic acids is 2. The number of anilines is 2. The topological polar surface area (TPSA) is 95.9 Å². The Hall–Kier alpha value is -4.03. The molecule has 0 bridgehead atoms. The van der Waals surface area contributed by atoms with E-state index in [0.29, 0.717) is 42.1 Å². The first-order valence-corrected chi connectivity index (χ1v) is 18.9. The van der Waals surface area contributed by atoms with Gasteiger partial charge >= 0.3 is 6.18 Å². The van der Waals surface area contributed by atoms with Gasteiger partial charge in [0.25, 0.3) is 5.56 Å². The van der Waals surface area contributed by atoms with Crippen molar-refractivity contribution in [3.63, 3.8) is 0 Å². The van der Waals surface area contributed by atoms with Crippen LogP contribution in [-0.4, -0.2) is 60.6 Å². The molecule has 3 saturated heterocycles. The van der Waals surface area contributed by atoms with E-state index in [4.69, 9.17) is 16.3 Å². The minimum absolute atomic E-state index is 0.0139. The van der Waals surface area contributed by atoms with Crippen LogP contribution in [0.25, 0.3) is 11.1 Å². The quantitative estimate of drug-likeness (QED) is 0.207. The van der Waals surface area contributed by atoms with Gasteiger partial charge in [0, 0.05) is 72.4 Å². The van der Waals surface area contributed by atoms with Crippen molar-refractivity contribution in [1.29, 1.82) is 0 Å². The number of nitrogens with one attached hydrogen (secondary N) is 2. The fraction of sp³-hybridized carbons (Fsp3) is 0.525. The summed E-state index contributed by atoms with van der Waals surface area (Å²) in [6.45, 7) is 7.52. The molecule has 4 heterocycles. The highest BCUT2D eigenvalue weighted by Crippen LogP contribution is 2.41. The van der Waals surface area contributed by atoms with Crippen molar-refractivity contribution in [3.8, 4) is 16.9 Å². The van der Waals surface area contributed by atoms with Crippen molar-refractivity contribution in [2.45, 2.75) is 84.0 Å². The first kappa shape index (κ1) is 38.7. The fourth-order valence-electron chi connectivity index (χ4n) is 8.12. The van der Waals surface area contributed by atoms with Gasteiger partial charge in [-0.25, -0.2) is 0 Å². The van der Waals surface area contributed by atoms with Gasteiger partial charge in [-0.2, -0.15) is 13.2 Å². The lowest BCUT2D eigenvalue weighted by Gasteiger charge is -2.37. The SMILES string of the molecule is COc1cc(-c2cn(C)c(=O)c(C)c2C)cc(Cl)c1CN1CCC(CCC2CCN(c3ccc(NC4CCC(=O)NC4=O)cc3C(F)(F)F)CC2)CC1. The number of ether oxygens (including phenoxy) is 1. The molecule has 6 rings (SSSR count). The number of piperidine rings is 3. The summed E-state index contributed by atoms with van der Waals surface area (Å²) in [7, 11) is 3.41. The van der Waals surface area contributed by atoms with Crippen molar-refractivity contribution in [3.05, 3.63) is 74.2 Å². The standard InChI is InChI=1S/C40H49ClF3N5O4/c1-24-25(2)39(52)47(3)22-30(24)28-19-33(41)31(36(20-28)53-4)23-48-15-11-26(12-16-48)5-6-27-13-17-49(18-14-27)35-9-7-29(21-32(35)40(42,43)44)45-34-8-10-37(50)46-38(34)51/h7,9,19-22,26-27,34,45H,5-6,8,10-18,23H2,1-4H3,(H,46,50,51).